The number of benzene rings is 1. The Morgan fingerprint density at radius 1 is 0.977 bits per heavy atom. The molecule has 0 saturated heterocycles. The van der Waals surface area contributed by atoms with Gasteiger partial charge in [0.2, 0.25) is 0 Å². The largest absolute Gasteiger partial charge is 0.384 e. The van der Waals surface area contributed by atoms with Gasteiger partial charge >= 0.3 is 7.60 Å². The number of halogens is 1. The van der Waals surface area contributed by atoms with Gasteiger partial charge in [-0.25, -0.2) is 15.0 Å². The maximum atomic E-state index is 12.4. The number of nitrogens with one attached hydrogen (secondary N) is 1. The van der Waals surface area contributed by atoms with Crippen molar-refractivity contribution in [2.75, 3.05) is 30.6 Å². The van der Waals surface area contributed by atoms with E-state index in [4.69, 9.17) is 26.6 Å². The lowest BCUT2D eigenvalue weighted by atomic mass is 10.1. The summed E-state index contributed by atoms with van der Waals surface area (Å²) in [6.45, 7) is 3.44. The fraction of sp³-hybridized carbons (Fsp3) is 0.548. The summed E-state index contributed by atoms with van der Waals surface area (Å²) in [7, 11) is -3.81. The molecule has 0 aliphatic heterocycles. The van der Waals surface area contributed by atoms with E-state index < -0.39 is 7.60 Å². The fourth-order valence-electron chi connectivity index (χ4n) is 5.14. The molecular weight excluding hydrogens is 601 g/mol. The van der Waals surface area contributed by atoms with Gasteiger partial charge < -0.3 is 29.8 Å². The van der Waals surface area contributed by atoms with E-state index in [9.17, 15) is 9.46 Å². The molecular formula is C31H45ClN7O4P. The Balaban J connectivity index is 0.943. The van der Waals surface area contributed by atoms with Gasteiger partial charge in [0, 0.05) is 28.8 Å². The topological polar surface area (TPSA) is 150 Å². The lowest BCUT2D eigenvalue weighted by Gasteiger charge is -2.17. The number of unbranched alkanes of at least 4 members (excludes halogenated alkanes) is 10. The van der Waals surface area contributed by atoms with Crippen LogP contribution in [0.2, 0.25) is 5.02 Å². The minimum Gasteiger partial charge on any atom is -0.384 e. The quantitative estimate of drug-likeness (QED) is 0.0611. The second kappa shape index (κ2) is 17.6. The van der Waals surface area contributed by atoms with E-state index in [2.05, 4.69) is 25.3 Å². The zero-order valence-corrected chi connectivity index (χ0v) is 27.2. The monoisotopic (exact) mass is 645 g/mol. The Hall–Kier alpha value is -2.82. The molecule has 0 radical (unpaired) electrons. The highest BCUT2D eigenvalue weighted by Crippen LogP contribution is 2.42. The van der Waals surface area contributed by atoms with Crippen LogP contribution in [0.15, 0.2) is 43.1 Å². The zero-order chi connectivity index (χ0) is 31.2. The predicted octanol–water partition coefficient (Wildman–Crippen LogP) is 7.58. The molecule has 3 heterocycles. The van der Waals surface area contributed by atoms with Crippen LogP contribution in [0.1, 0.15) is 77.6 Å². The molecule has 13 heteroatoms. The Morgan fingerprint density at radius 2 is 1.68 bits per heavy atom. The summed E-state index contributed by atoms with van der Waals surface area (Å²) in [5.74, 6) is 0.310. The molecule has 0 saturated carbocycles. The number of pyridine rings is 1. The number of nitrogens with zero attached hydrogens (tertiary/aromatic N) is 5. The Labute approximate surface area is 264 Å². The summed E-state index contributed by atoms with van der Waals surface area (Å²) in [6, 6.07) is 7.84. The predicted molar refractivity (Wildman–Crippen MR) is 177 cm³/mol. The molecule has 240 valence electrons. The molecule has 0 fully saturated rings. The van der Waals surface area contributed by atoms with Gasteiger partial charge in [-0.15, -0.1) is 0 Å². The number of anilines is 2. The minimum absolute atomic E-state index is 0.258. The van der Waals surface area contributed by atoms with Gasteiger partial charge in [-0.1, -0.05) is 69.4 Å². The lowest BCUT2D eigenvalue weighted by molar-refractivity contribution is 0.0715. The normalized spacial score (nSPS) is 13.8. The van der Waals surface area contributed by atoms with E-state index in [0.29, 0.717) is 28.5 Å². The average Bonchev–Trinajstić information content (AvgIpc) is 3.41. The molecule has 0 amide bonds. The molecule has 4 N–H and O–H groups in total. The van der Waals surface area contributed by atoms with Gasteiger partial charge in [0.1, 0.15) is 18.2 Å². The standard InChI is InChI=1S/C31H45ClN7O4P/c1-24(20-39-22-38-29-30(33)36-21-37-31(29)39)42-23-44(40,41)43-18-12-10-8-6-4-2-3-5-7-9-11-16-34-27-15-17-35-28-19-25(32)13-14-26(27)28/h13-15,17,19,21-22,24H,2-12,16,18,20,23H2,1H3,(H,34,35)(H,40,41)(H2,33,36,37)/t24-/m1/s1. The maximum Gasteiger partial charge on any atom is 0.353 e. The Bertz CT molecular complexity index is 1500. The van der Waals surface area contributed by atoms with Crippen LogP contribution < -0.4 is 11.1 Å². The summed E-state index contributed by atoms with van der Waals surface area (Å²) >= 11 is 6.08. The van der Waals surface area contributed by atoms with E-state index >= 15 is 0 Å². The van der Waals surface area contributed by atoms with E-state index in [0.717, 1.165) is 48.8 Å². The van der Waals surface area contributed by atoms with Gasteiger partial charge in [-0.3, -0.25) is 9.55 Å². The number of rotatable bonds is 21. The number of nitrogen functional groups attached to an aromatic ring is 1. The molecule has 1 aromatic carbocycles. The molecule has 0 aliphatic carbocycles. The summed E-state index contributed by atoms with van der Waals surface area (Å²) in [5.41, 5.74) is 8.97. The van der Waals surface area contributed by atoms with Crippen LogP contribution in [0, 0.1) is 0 Å². The fourth-order valence-corrected chi connectivity index (χ4v) is 6.24. The molecule has 2 atom stereocenters. The van der Waals surface area contributed by atoms with Crippen molar-refractivity contribution in [2.45, 2.75) is 90.2 Å². The van der Waals surface area contributed by atoms with E-state index in [1.165, 1.54) is 51.3 Å². The van der Waals surface area contributed by atoms with Crippen molar-refractivity contribution in [3.63, 3.8) is 0 Å². The van der Waals surface area contributed by atoms with Crippen molar-refractivity contribution in [2.24, 2.45) is 0 Å². The van der Waals surface area contributed by atoms with Crippen molar-refractivity contribution >= 4 is 52.8 Å². The molecule has 0 spiro atoms. The van der Waals surface area contributed by atoms with Crippen LogP contribution in [0.5, 0.6) is 0 Å². The van der Waals surface area contributed by atoms with Gasteiger partial charge in [-0.2, -0.15) is 0 Å². The van der Waals surface area contributed by atoms with Crippen LogP contribution in [0.3, 0.4) is 0 Å². The third-order valence-electron chi connectivity index (χ3n) is 7.54. The van der Waals surface area contributed by atoms with Crippen LogP contribution in [0.4, 0.5) is 11.5 Å². The zero-order valence-electron chi connectivity index (χ0n) is 25.5. The second-order valence-electron chi connectivity index (χ2n) is 11.2. The summed E-state index contributed by atoms with van der Waals surface area (Å²) in [4.78, 5) is 26.9. The molecule has 4 aromatic rings. The first kappa shape index (κ1) is 34.1. The third kappa shape index (κ3) is 11.0. The first-order valence-corrected chi connectivity index (χ1v) is 17.7. The SMILES string of the molecule is C[C@H](Cn1cnc2c(N)ncnc21)OCP(=O)(O)OCCCCCCCCCCCCCNc1ccnc2cc(Cl)ccc12. The van der Waals surface area contributed by atoms with Crippen molar-refractivity contribution in [3.05, 3.63) is 48.1 Å². The van der Waals surface area contributed by atoms with Crippen molar-refractivity contribution in [1.29, 1.82) is 0 Å². The number of aromatic nitrogens is 5. The highest BCUT2D eigenvalue weighted by Gasteiger charge is 2.21. The van der Waals surface area contributed by atoms with Crippen molar-refractivity contribution in [3.8, 4) is 0 Å². The Morgan fingerprint density at radius 3 is 2.43 bits per heavy atom. The molecule has 1 unspecified atom stereocenters. The second-order valence-corrected chi connectivity index (χ2v) is 13.5. The van der Waals surface area contributed by atoms with E-state index in [-0.39, 0.29) is 19.1 Å². The van der Waals surface area contributed by atoms with Gasteiger partial charge in [0.15, 0.2) is 11.5 Å². The lowest BCUT2D eigenvalue weighted by Crippen LogP contribution is -2.17. The molecule has 0 bridgehead atoms. The minimum atomic E-state index is -3.81. The highest BCUT2D eigenvalue weighted by atomic mass is 35.5. The first-order valence-electron chi connectivity index (χ1n) is 15.6. The number of fused-ring (bicyclic) bond motifs is 2. The molecule has 44 heavy (non-hydrogen) atoms. The maximum absolute atomic E-state index is 12.4. The summed E-state index contributed by atoms with van der Waals surface area (Å²) in [6.07, 6.45) is 16.9. The summed E-state index contributed by atoms with van der Waals surface area (Å²) in [5, 5.41) is 5.35. The van der Waals surface area contributed by atoms with Crippen LogP contribution in [-0.4, -0.2) is 55.0 Å². The van der Waals surface area contributed by atoms with Crippen LogP contribution in [0.25, 0.3) is 22.1 Å². The van der Waals surface area contributed by atoms with Gasteiger partial charge in [0.25, 0.3) is 0 Å². The third-order valence-corrected chi connectivity index (χ3v) is 8.84. The van der Waals surface area contributed by atoms with E-state index in [1.807, 2.05) is 37.4 Å². The van der Waals surface area contributed by atoms with Crippen molar-refractivity contribution < 1.29 is 18.7 Å². The van der Waals surface area contributed by atoms with E-state index in [1.54, 1.807) is 10.9 Å². The molecule has 0 aliphatic rings. The summed E-state index contributed by atoms with van der Waals surface area (Å²) < 4.78 is 25.0. The van der Waals surface area contributed by atoms with Crippen molar-refractivity contribution in [1.82, 2.24) is 24.5 Å². The number of hydrogen-bond acceptors (Lipinski definition) is 9. The average molecular weight is 646 g/mol. The molecule has 4 rings (SSSR count). The number of nitrogens with two attached hydrogens (primary N) is 1. The molecule has 11 nitrogen and oxygen atoms in total. The number of imidazole rings is 1. The highest BCUT2D eigenvalue weighted by molar-refractivity contribution is 7.52. The molecule has 3 aromatic heterocycles. The smallest absolute Gasteiger partial charge is 0.353 e. The first-order chi connectivity index (χ1) is 21.3. The number of ether oxygens (including phenoxy) is 1. The Kier molecular flexibility index (Phi) is 13.6. The van der Waals surface area contributed by atoms with Gasteiger partial charge in [0.05, 0.1) is 31.1 Å². The number of hydrogen-bond donors (Lipinski definition) is 3. The van der Waals surface area contributed by atoms with Crippen LogP contribution >= 0.6 is 19.2 Å². The van der Waals surface area contributed by atoms with Gasteiger partial charge in [-0.05, 0) is 44.0 Å². The van der Waals surface area contributed by atoms with Crippen LogP contribution in [-0.2, 0) is 20.4 Å².